The number of nitrogens with one attached hydrogen (secondary N) is 1. The minimum Gasteiger partial charge on any atom is -0.487 e. The van der Waals surface area contributed by atoms with E-state index in [1.165, 1.54) is 5.57 Å². The maximum Gasteiger partial charge on any atom is 0.145 e. The molecule has 0 saturated heterocycles. The fourth-order valence-electron chi connectivity index (χ4n) is 1.70. The van der Waals surface area contributed by atoms with Crippen LogP contribution in [0.1, 0.15) is 19.4 Å². The second-order valence-electron chi connectivity index (χ2n) is 4.43. The molecule has 1 aliphatic heterocycles. The van der Waals surface area contributed by atoms with E-state index in [9.17, 15) is 0 Å². The van der Waals surface area contributed by atoms with Crippen molar-refractivity contribution in [1.29, 1.82) is 0 Å². The van der Waals surface area contributed by atoms with Crippen molar-refractivity contribution in [1.82, 2.24) is 5.32 Å². The zero-order chi connectivity index (χ0) is 12.4. The lowest BCUT2D eigenvalue weighted by molar-refractivity contribution is 0.342. The van der Waals surface area contributed by atoms with E-state index in [2.05, 4.69) is 25.2 Å². The van der Waals surface area contributed by atoms with Crippen molar-refractivity contribution in [2.75, 3.05) is 13.2 Å². The zero-order valence-corrected chi connectivity index (χ0v) is 11.4. The van der Waals surface area contributed by atoms with E-state index in [4.69, 9.17) is 27.9 Å². The molecule has 0 unspecified atom stereocenters. The zero-order valence-electron chi connectivity index (χ0n) is 9.89. The minimum absolute atomic E-state index is 0.459. The standard InChI is InChI=1S/C13H15Cl2NO/c1-8(2)16-6-9-3-10-4-11(14)5-12(15)13(10)17-7-9/h3-5,8,16H,6-7H2,1-2H3. The fraction of sp³-hybridized carbons (Fsp3) is 0.385. The van der Waals surface area contributed by atoms with Gasteiger partial charge in [-0.15, -0.1) is 0 Å². The van der Waals surface area contributed by atoms with Crippen LogP contribution in [0.4, 0.5) is 0 Å². The summed E-state index contributed by atoms with van der Waals surface area (Å²) in [4.78, 5) is 0. The quantitative estimate of drug-likeness (QED) is 0.904. The monoisotopic (exact) mass is 271 g/mol. The molecule has 4 heteroatoms. The summed E-state index contributed by atoms with van der Waals surface area (Å²) in [5.74, 6) is 0.726. The van der Waals surface area contributed by atoms with Crippen LogP contribution in [0.25, 0.3) is 6.08 Å². The highest BCUT2D eigenvalue weighted by Gasteiger charge is 2.15. The lowest BCUT2D eigenvalue weighted by Gasteiger charge is -2.20. The van der Waals surface area contributed by atoms with Crippen LogP contribution in [0.15, 0.2) is 17.7 Å². The van der Waals surface area contributed by atoms with Crippen molar-refractivity contribution in [2.24, 2.45) is 0 Å². The van der Waals surface area contributed by atoms with Crippen LogP contribution >= 0.6 is 23.2 Å². The molecule has 0 fully saturated rings. The third-order valence-corrected chi connectivity index (χ3v) is 3.03. The third-order valence-electron chi connectivity index (χ3n) is 2.54. The molecule has 0 aliphatic carbocycles. The van der Waals surface area contributed by atoms with E-state index in [0.29, 0.717) is 22.7 Å². The fourth-order valence-corrected chi connectivity index (χ4v) is 2.27. The normalized spacial score (nSPS) is 14.3. The van der Waals surface area contributed by atoms with Crippen molar-refractivity contribution in [2.45, 2.75) is 19.9 Å². The van der Waals surface area contributed by atoms with Gasteiger partial charge in [0.05, 0.1) is 5.02 Å². The molecule has 1 aliphatic rings. The summed E-state index contributed by atoms with van der Waals surface area (Å²) in [5.41, 5.74) is 2.15. The Kier molecular flexibility index (Phi) is 3.97. The number of hydrogen-bond acceptors (Lipinski definition) is 2. The minimum atomic E-state index is 0.459. The van der Waals surface area contributed by atoms with Gasteiger partial charge < -0.3 is 10.1 Å². The Morgan fingerprint density at radius 1 is 1.35 bits per heavy atom. The van der Waals surface area contributed by atoms with Gasteiger partial charge in [-0.05, 0) is 23.8 Å². The van der Waals surface area contributed by atoms with Gasteiger partial charge in [-0.1, -0.05) is 37.0 Å². The Morgan fingerprint density at radius 2 is 2.12 bits per heavy atom. The summed E-state index contributed by atoms with van der Waals surface area (Å²) in [7, 11) is 0. The molecule has 1 heterocycles. The SMILES string of the molecule is CC(C)NCC1=Cc2cc(Cl)cc(Cl)c2OC1. The molecular weight excluding hydrogens is 257 g/mol. The molecule has 92 valence electrons. The molecular formula is C13H15Cl2NO. The average Bonchev–Trinajstić information content (AvgIpc) is 2.25. The van der Waals surface area contributed by atoms with Crippen molar-refractivity contribution >= 4 is 29.3 Å². The predicted molar refractivity (Wildman–Crippen MR) is 73.1 cm³/mol. The van der Waals surface area contributed by atoms with Gasteiger partial charge in [0.1, 0.15) is 12.4 Å². The van der Waals surface area contributed by atoms with Crippen LogP contribution in [0.3, 0.4) is 0 Å². The van der Waals surface area contributed by atoms with Gasteiger partial charge in [0.2, 0.25) is 0 Å². The van der Waals surface area contributed by atoms with Crippen LogP contribution < -0.4 is 10.1 Å². The molecule has 0 amide bonds. The van der Waals surface area contributed by atoms with Gasteiger partial charge in [-0.3, -0.25) is 0 Å². The van der Waals surface area contributed by atoms with E-state index < -0.39 is 0 Å². The van der Waals surface area contributed by atoms with E-state index in [0.717, 1.165) is 17.9 Å². The first kappa shape index (κ1) is 12.7. The highest BCUT2D eigenvalue weighted by Crippen LogP contribution is 2.36. The predicted octanol–water partition coefficient (Wildman–Crippen LogP) is 3.77. The summed E-state index contributed by atoms with van der Waals surface area (Å²) >= 11 is 12.0. The van der Waals surface area contributed by atoms with Gasteiger partial charge in [-0.25, -0.2) is 0 Å². The first-order valence-corrected chi connectivity index (χ1v) is 6.36. The van der Waals surface area contributed by atoms with E-state index >= 15 is 0 Å². The Morgan fingerprint density at radius 3 is 2.82 bits per heavy atom. The number of rotatable bonds is 3. The van der Waals surface area contributed by atoms with Crippen molar-refractivity contribution in [3.8, 4) is 5.75 Å². The third kappa shape index (κ3) is 3.15. The van der Waals surface area contributed by atoms with E-state index in [-0.39, 0.29) is 0 Å². The van der Waals surface area contributed by atoms with Crippen LogP contribution in [0.5, 0.6) is 5.75 Å². The van der Waals surface area contributed by atoms with Gasteiger partial charge >= 0.3 is 0 Å². The Balaban J connectivity index is 2.22. The molecule has 0 atom stereocenters. The van der Waals surface area contributed by atoms with Crippen LogP contribution in [-0.2, 0) is 0 Å². The first-order valence-electron chi connectivity index (χ1n) is 5.61. The highest BCUT2D eigenvalue weighted by molar-refractivity contribution is 6.36. The summed E-state index contributed by atoms with van der Waals surface area (Å²) in [6.45, 7) is 5.63. The molecule has 2 rings (SSSR count). The second-order valence-corrected chi connectivity index (χ2v) is 5.28. The van der Waals surface area contributed by atoms with Crippen LogP contribution in [-0.4, -0.2) is 19.2 Å². The Bertz CT molecular complexity index is 455. The molecule has 0 radical (unpaired) electrons. The number of ether oxygens (including phenoxy) is 1. The van der Waals surface area contributed by atoms with Crippen LogP contribution in [0.2, 0.25) is 10.0 Å². The van der Waals surface area contributed by atoms with E-state index in [1.54, 1.807) is 6.07 Å². The van der Waals surface area contributed by atoms with Crippen molar-refractivity contribution in [3.05, 3.63) is 33.3 Å². The second kappa shape index (κ2) is 5.30. The lowest BCUT2D eigenvalue weighted by atomic mass is 10.1. The Labute approximate surface area is 112 Å². The summed E-state index contributed by atoms with van der Waals surface area (Å²) in [6.07, 6.45) is 2.09. The lowest BCUT2D eigenvalue weighted by Crippen LogP contribution is -2.27. The first-order chi connectivity index (χ1) is 8.06. The summed E-state index contributed by atoms with van der Waals surface area (Å²) < 4.78 is 5.66. The molecule has 0 spiro atoms. The molecule has 2 nitrogen and oxygen atoms in total. The molecule has 1 N–H and O–H groups in total. The largest absolute Gasteiger partial charge is 0.487 e. The average molecular weight is 272 g/mol. The molecule has 0 aromatic heterocycles. The van der Waals surface area contributed by atoms with Gasteiger partial charge in [0, 0.05) is 23.2 Å². The topological polar surface area (TPSA) is 21.3 Å². The van der Waals surface area contributed by atoms with E-state index in [1.807, 2.05) is 6.07 Å². The molecule has 0 bridgehead atoms. The molecule has 1 aromatic carbocycles. The highest BCUT2D eigenvalue weighted by atomic mass is 35.5. The molecule has 0 saturated carbocycles. The number of halogens is 2. The number of fused-ring (bicyclic) bond motifs is 1. The molecule has 1 aromatic rings. The number of hydrogen-bond donors (Lipinski definition) is 1. The summed E-state index contributed by atoms with van der Waals surface area (Å²) in [5, 5.41) is 4.56. The maximum atomic E-state index is 6.07. The number of benzene rings is 1. The van der Waals surface area contributed by atoms with Gasteiger partial charge in [0.25, 0.3) is 0 Å². The van der Waals surface area contributed by atoms with Crippen molar-refractivity contribution in [3.63, 3.8) is 0 Å². The van der Waals surface area contributed by atoms with Crippen LogP contribution in [0, 0.1) is 0 Å². The molecule has 17 heavy (non-hydrogen) atoms. The smallest absolute Gasteiger partial charge is 0.145 e. The van der Waals surface area contributed by atoms with Gasteiger partial charge in [-0.2, -0.15) is 0 Å². The van der Waals surface area contributed by atoms with Crippen molar-refractivity contribution < 1.29 is 4.74 Å². The van der Waals surface area contributed by atoms with Gasteiger partial charge in [0.15, 0.2) is 0 Å². The maximum absolute atomic E-state index is 6.07. The Hall–Kier alpha value is -0.700. The summed E-state index contributed by atoms with van der Waals surface area (Å²) in [6, 6.07) is 4.03.